The Hall–Kier alpha value is -1.70. The minimum absolute atomic E-state index is 0.0940. The summed E-state index contributed by atoms with van der Waals surface area (Å²) in [4.78, 5) is 35.6. The molecule has 3 atom stereocenters. The molecule has 3 rings (SSSR count). The predicted molar refractivity (Wildman–Crippen MR) is 72.4 cm³/mol. The topological polar surface area (TPSA) is 93.1 Å². The molecule has 0 spiro atoms. The van der Waals surface area contributed by atoms with Gasteiger partial charge in [-0.2, -0.15) is 0 Å². The lowest BCUT2D eigenvalue weighted by molar-refractivity contribution is -0.157. The summed E-state index contributed by atoms with van der Waals surface area (Å²) in [5, 5.41) is 8.71. The number of carbonyl (C=O) groups excluding carboxylic acids is 2. The van der Waals surface area contributed by atoms with Crippen LogP contribution in [0.25, 0.3) is 0 Å². The zero-order valence-corrected chi connectivity index (χ0v) is 12.2. The monoisotopic (exact) mass is 313 g/mol. The number of β-lactam (4-membered cyclic amide) rings is 1. The van der Waals surface area contributed by atoms with Gasteiger partial charge < -0.3 is 14.6 Å². The van der Waals surface area contributed by atoms with Gasteiger partial charge in [0.15, 0.2) is 6.23 Å². The summed E-state index contributed by atoms with van der Waals surface area (Å²) < 4.78 is 10.9. The molecule has 0 radical (unpaired) electrons. The quantitative estimate of drug-likeness (QED) is 0.607. The summed E-state index contributed by atoms with van der Waals surface area (Å²) in [6.07, 6.45) is -0.0450. The number of hydrogen-bond acceptors (Lipinski definition) is 6. The van der Waals surface area contributed by atoms with Crippen molar-refractivity contribution in [1.82, 2.24) is 4.90 Å². The number of aliphatic carboxylic acids is 1. The number of fused-ring (bicyclic) bond motifs is 1. The van der Waals surface area contributed by atoms with Gasteiger partial charge >= 0.3 is 11.3 Å². The van der Waals surface area contributed by atoms with Gasteiger partial charge in [0.1, 0.15) is 17.9 Å². The first-order chi connectivity index (χ1) is 9.95. The van der Waals surface area contributed by atoms with Crippen LogP contribution in [0.1, 0.15) is 26.2 Å². The van der Waals surface area contributed by atoms with Crippen LogP contribution in [-0.2, 0) is 19.1 Å². The lowest BCUT2D eigenvalue weighted by Crippen LogP contribution is -2.53. The molecule has 1 amide bonds. The van der Waals surface area contributed by atoms with E-state index in [9.17, 15) is 14.4 Å². The van der Waals surface area contributed by atoms with E-state index in [2.05, 4.69) is 0 Å². The lowest BCUT2D eigenvalue weighted by Gasteiger charge is -2.34. The van der Waals surface area contributed by atoms with Crippen LogP contribution < -0.4 is 0 Å². The van der Waals surface area contributed by atoms with Gasteiger partial charge in [-0.3, -0.25) is 14.5 Å². The Bertz CT molecular complexity index is 545. The van der Waals surface area contributed by atoms with Crippen molar-refractivity contribution in [2.24, 2.45) is 0 Å². The van der Waals surface area contributed by atoms with Crippen LogP contribution in [0.5, 0.6) is 0 Å². The molecule has 3 aliphatic rings. The number of cyclic esters (lactones) is 1. The van der Waals surface area contributed by atoms with Crippen LogP contribution >= 0.6 is 11.8 Å². The van der Waals surface area contributed by atoms with E-state index >= 15 is 0 Å². The highest BCUT2D eigenvalue weighted by atomic mass is 32.2. The third-order valence-electron chi connectivity index (χ3n) is 3.76. The van der Waals surface area contributed by atoms with Gasteiger partial charge in [-0.25, -0.2) is 4.79 Å². The van der Waals surface area contributed by atoms with Crippen molar-refractivity contribution >= 4 is 28.9 Å². The van der Waals surface area contributed by atoms with Crippen molar-refractivity contribution in [2.45, 2.75) is 44.6 Å². The van der Waals surface area contributed by atoms with Crippen LogP contribution in [-0.4, -0.2) is 51.3 Å². The molecule has 0 aliphatic carbocycles. The smallest absolute Gasteiger partial charge is 0.367 e. The number of carbonyl (C=O) groups is 3. The predicted octanol–water partition coefficient (Wildman–Crippen LogP) is 1.33. The Labute approximate surface area is 125 Å². The van der Waals surface area contributed by atoms with Crippen molar-refractivity contribution in [2.75, 3.05) is 5.75 Å². The molecule has 3 aliphatic heterocycles. The van der Waals surface area contributed by atoms with Crippen LogP contribution in [0.2, 0.25) is 0 Å². The van der Waals surface area contributed by atoms with E-state index in [0.29, 0.717) is 17.9 Å². The maximum Gasteiger partial charge on any atom is 0.367 e. The number of carboxylic acid groups (broad SMARTS) is 1. The standard InChI is InChI=1S/C13H15NO6S/c1-6-2-7(5-21-13(18)19-6)12-8(3-11(16)17)14-9(15)4-10(14)20-12/h6,8,10H,2-5H2,1H3,(H,16,17). The third-order valence-corrected chi connectivity index (χ3v) is 4.59. The van der Waals surface area contributed by atoms with Gasteiger partial charge in [-0.1, -0.05) is 0 Å². The minimum atomic E-state index is -0.983. The molecule has 21 heavy (non-hydrogen) atoms. The highest BCUT2D eigenvalue weighted by Gasteiger charge is 2.52. The van der Waals surface area contributed by atoms with E-state index in [1.165, 1.54) is 4.90 Å². The number of rotatable bonds is 2. The van der Waals surface area contributed by atoms with Crippen LogP contribution in [0.4, 0.5) is 4.79 Å². The number of hydrogen-bond donors (Lipinski definition) is 1. The maximum absolute atomic E-state index is 11.7. The molecule has 3 fully saturated rings. The number of nitrogens with zero attached hydrogens (tertiary/aromatic N) is 1. The van der Waals surface area contributed by atoms with E-state index < -0.39 is 12.0 Å². The van der Waals surface area contributed by atoms with Crippen molar-refractivity contribution in [3.63, 3.8) is 0 Å². The molecular weight excluding hydrogens is 298 g/mol. The van der Waals surface area contributed by atoms with Crippen LogP contribution in [0, 0.1) is 0 Å². The molecule has 3 unspecified atom stereocenters. The molecule has 0 bridgehead atoms. The summed E-state index contributed by atoms with van der Waals surface area (Å²) in [6.45, 7) is 1.78. The van der Waals surface area contributed by atoms with Crippen LogP contribution in [0.3, 0.4) is 0 Å². The molecule has 0 aromatic heterocycles. The number of amides is 1. The summed E-state index contributed by atoms with van der Waals surface area (Å²) >= 11 is 1.03. The number of ether oxygens (including phenoxy) is 2. The summed E-state index contributed by atoms with van der Waals surface area (Å²) in [7, 11) is 0. The van der Waals surface area contributed by atoms with Gasteiger partial charge in [0, 0.05) is 12.2 Å². The van der Waals surface area contributed by atoms with Gasteiger partial charge in [0.2, 0.25) is 5.91 Å². The third kappa shape index (κ3) is 2.59. The van der Waals surface area contributed by atoms with E-state index in [4.69, 9.17) is 14.6 Å². The second kappa shape index (κ2) is 5.25. The van der Waals surface area contributed by atoms with Crippen molar-refractivity contribution in [3.05, 3.63) is 11.3 Å². The van der Waals surface area contributed by atoms with Crippen LogP contribution in [0.15, 0.2) is 11.3 Å². The summed E-state index contributed by atoms with van der Waals surface area (Å²) in [6, 6.07) is -0.565. The van der Waals surface area contributed by atoms with E-state index in [1.54, 1.807) is 6.92 Å². The minimum Gasteiger partial charge on any atom is -0.481 e. The van der Waals surface area contributed by atoms with Gasteiger partial charge in [0.25, 0.3) is 0 Å². The summed E-state index contributed by atoms with van der Waals surface area (Å²) in [5.74, 6) is -0.137. The van der Waals surface area contributed by atoms with Gasteiger partial charge in [-0.15, -0.1) is 0 Å². The Morgan fingerprint density at radius 1 is 1.38 bits per heavy atom. The second-order valence-electron chi connectivity index (χ2n) is 5.33. The largest absolute Gasteiger partial charge is 0.481 e. The normalized spacial score (nSPS) is 35.5. The van der Waals surface area contributed by atoms with Crippen molar-refractivity contribution in [1.29, 1.82) is 0 Å². The summed E-state index contributed by atoms with van der Waals surface area (Å²) in [5.41, 5.74) is 0.854. The Kier molecular flexibility index (Phi) is 3.56. The molecule has 0 aromatic carbocycles. The molecule has 3 saturated heterocycles. The molecular formula is C13H15NO6S. The molecule has 114 valence electrons. The average molecular weight is 313 g/mol. The molecule has 1 N–H and O–H groups in total. The zero-order valence-electron chi connectivity index (χ0n) is 11.4. The highest BCUT2D eigenvalue weighted by molar-refractivity contribution is 8.13. The first kappa shape index (κ1) is 14.2. The highest BCUT2D eigenvalue weighted by Crippen LogP contribution is 2.41. The molecule has 3 heterocycles. The average Bonchev–Trinajstić information content (AvgIpc) is 2.53. The fraction of sp³-hybridized carbons (Fsp3) is 0.615. The van der Waals surface area contributed by atoms with E-state index in [1.807, 2.05) is 0 Å². The fourth-order valence-electron chi connectivity index (χ4n) is 2.86. The Morgan fingerprint density at radius 3 is 2.81 bits per heavy atom. The second-order valence-corrected chi connectivity index (χ2v) is 6.24. The Balaban J connectivity index is 1.90. The fourth-order valence-corrected chi connectivity index (χ4v) is 3.65. The Morgan fingerprint density at radius 2 is 2.14 bits per heavy atom. The molecule has 7 nitrogen and oxygen atoms in total. The number of carboxylic acids is 1. The van der Waals surface area contributed by atoms with E-state index in [0.717, 1.165) is 17.3 Å². The maximum atomic E-state index is 11.7. The SMILES string of the molecule is CC1CC(=C2OC3CC(=O)N3C2CC(=O)O)CSC(=O)O1. The molecule has 8 heteroatoms. The van der Waals surface area contributed by atoms with E-state index in [-0.39, 0.29) is 36.4 Å². The van der Waals surface area contributed by atoms with Crippen molar-refractivity contribution < 1.29 is 29.0 Å². The van der Waals surface area contributed by atoms with Gasteiger partial charge in [0.05, 0.1) is 12.8 Å². The van der Waals surface area contributed by atoms with Crippen molar-refractivity contribution in [3.8, 4) is 0 Å². The first-order valence-electron chi connectivity index (χ1n) is 6.70. The molecule has 0 aromatic rings. The zero-order chi connectivity index (χ0) is 15.1. The van der Waals surface area contributed by atoms with Gasteiger partial charge in [-0.05, 0) is 24.3 Å². The molecule has 0 saturated carbocycles. The first-order valence-corrected chi connectivity index (χ1v) is 7.69. The number of thioether (sulfide) groups is 1. The lowest BCUT2D eigenvalue weighted by atomic mass is 10.0.